The Morgan fingerprint density at radius 2 is 2.00 bits per heavy atom. The Bertz CT molecular complexity index is 397. The second-order valence-electron chi connectivity index (χ2n) is 3.88. The highest BCUT2D eigenvalue weighted by Crippen LogP contribution is 2.11. The first kappa shape index (κ1) is 14.6. The van der Waals surface area contributed by atoms with Crippen LogP contribution >= 0.6 is 0 Å². The molecule has 0 aromatic heterocycles. The molecule has 5 heteroatoms. The molecule has 0 aliphatic heterocycles. The van der Waals surface area contributed by atoms with Gasteiger partial charge in [0, 0.05) is 17.7 Å². The van der Waals surface area contributed by atoms with Crippen molar-refractivity contribution < 1.29 is 13.9 Å². The largest absolute Gasteiger partial charge is 0.384 e. The molecule has 0 amide bonds. The Morgan fingerprint density at radius 3 is 2.61 bits per heavy atom. The molecule has 0 saturated carbocycles. The Labute approximate surface area is 106 Å². The fourth-order valence-electron chi connectivity index (χ4n) is 1.38. The lowest BCUT2D eigenvalue weighted by Crippen LogP contribution is -2.12. The molecule has 0 heterocycles. The van der Waals surface area contributed by atoms with Gasteiger partial charge in [-0.25, -0.2) is 4.39 Å². The van der Waals surface area contributed by atoms with E-state index in [2.05, 4.69) is 0 Å². The van der Waals surface area contributed by atoms with Gasteiger partial charge in [0.1, 0.15) is 11.7 Å². The molecule has 0 fully saturated rings. The quantitative estimate of drug-likeness (QED) is 0.424. The highest BCUT2D eigenvalue weighted by Gasteiger charge is 2.05. The molecule has 100 valence electrons. The maximum Gasteiger partial charge on any atom is 0.129 e. The normalized spacial score (nSPS) is 10.6. The molecule has 0 bridgehead atoms. The van der Waals surface area contributed by atoms with Gasteiger partial charge in [0.15, 0.2) is 0 Å². The predicted octanol–water partition coefficient (Wildman–Crippen LogP) is 2.05. The van der Waals surface area contributed by atoms with Crippen LogP contribution in [0.4, 0.5) is 4.39 Å². The monoisotopic (exact) mass is 254 g/mol. The van der Waals surface area contributed by atoms with Crippen molar-refractivity contribution >= 4 is 5.84 Å². The molecule has 18 heavy (non-hydrogen) atoms. The van der Waals surface area contributed by atoms with E-state index in [1.54, 1.807) is 12.1 Å². The molecule has 1 aromatic rings. The van der Waals surface area contributed by atoms with E-state index >= 15 is 0 Å². The third kappa shape index (κ3) is 4.81. The van der Waals surface area contributed by atoms with Crippen LogP contribution in [-0.4, -0.2) is 25.7 Å². The van der Waals surface area contributed by atoms with Crippen LogP contribution in [0.15, 0.2) is 18.2 Å². The summed E-state index contributed by atoms with van der Waals surface area (Å²) < 4.78 is 24.1. The number of hydrogen-bond acceptors (Lipinski definition) is 3. The number of benzene rings is 1. The molecule has 0 aliphatic carbocycles. The SMILES string of the molecule is CCCOCCOCc1ccc(C(=N)N)cc1F. The highest BCUT2D eigenvalue weighted by molar-refractivity contribution is 5.94. The van der Waals surface area contributed by atoms with Gasteiger partial charge in [0.25, 0.3) is 0 Å². The van der Waals surface area contributed by atoms with Crippen molar-refractivity contribution in [1.29, 1.82) is 5.41 Å². The zero-order valence-electron chi connectivity index (χ0n) is 10.5. The molecule has 0 spiro atoms. The van der Waals surface area contributed by atoms with Gasteiger partial charge in [0.2, 0.25) is 0 Å². The Hall–Kier alpha value is -1.46. The van der Waals surface area contributed by atoms with Gasteiger partial charge in [-0.2, -0.15) is 0 Å². The second kappa shape index (κ2) is 7.79. The predicted molar refractivity (Wildman–Crippen MR) is 68.2 cm³/mol. The zero-order chi connectivity index (χ0) is 13.4. The van der Waals surface area contributed by atoms with Crippen molar-refractivity contribution in [2.45, 2.75) is 20.0 Å². The number of nitrogen functional groups attached to an aromatic ring is 1. The van der Waals surface area contributed by atoms with Gasteiger partial charge in [-0.3, -0.25) is 5.41 Å². The van der Waals surface area contributed by atoms with Gasteiger partial charge in [0.05, 0.1) is 19.8 Å². The molecule has 0 atom stereocenters. The number of amidine groups is 1. The minimum absolute atomic E-state index is 0.144. The molecule has 1 rings (SSSR count). The Morgan fingerprint density at radius 1 is 1.28 bits per heavy atom. The van der Waals surface area contributed by atoms with Gasteiger partial charge in [-0.1, -0.05) is 19.1 Å². The van der Waals surface area contributed by atoms with Crippen molar-refractivity contribution in [3.8, 4) is 0 Å². The summed E-state index contributed by atoms with van der Waals surface area (Å²) in [7, 11) is 0. The minimum Gasteiger partial charge on any atom is -0.384 e. The number of rotatable bonds is 8. The van der Waals surface area contributed by atoms with E-state index in [9.17, 15) is 4.39 Å². The van der Waals surface area contributed by atoms with Crippen LogP contribution in [0, 0.1) is 11.2 Å². The standard InChI is InChI=1S/C13H19FN2O2/c1-2-5-17-6-7-18-9-11-4-3-10(13(15)16)8-12(11)14/h3-4,8H,2,5-7,9H2,1H3,(H3,15,16). The molecule has 0 unspecified atom stereocenters. The van der Waals surface area contributed by atoms with E-state index in [1.165, 1.54) is 6.07 Å². The summed E-state index contributed by atoms with van der Waals surface area (Å²) in [4.78, 5) is 0. The fraction of sp³-hybridized carbons (Fsp3) is 0.462. The van der Waals surface area contributed by atoms with Gasteiger partial charge < -0.3 is 15.2 Å². The summed E-state index contributed by atoms with van der Waals surface area (Å²) in [5.41, 5.74) is 6.10. The van der Waals surface area contributed by atoms with Crippen molar-refractivity contribution in [3.63, 3.8) is 0 Å². The average molecular weight is 254 g/mol. The molecule has 4 nitrogen and oxygen atoms in total. The lowest BCUT2D eigenvalue weighted by atomic mass is 10.1. The van der Waals surface area contributed by atoms with Crippen LogP contribution < -0.4 is 5.73 Å². The third-order valence-corrected chi connectivity index (χ3v) is 2.34. The second-order valence-corrected chi connectivity index (χ2v) is 3.88. The van der Waals surface area contributed by atoms with Crippen LogP contribution in [0.5, 0.6) is 0 Å². The van der Waals surface area contributed by atoms with E-state index in [1.807, 2.05) is 6.92 Å². The van der Waals surface area contributed by atoms with Crippen molar-refractivity contribution in [2.24, 2.45) is 5.73 Å². The van der Waals surface area contributed by atoms with Gasteiger partial charge in [-0.05, 0) is 12.5 Å². The molecule has 1 aromatic carbocycles. The van der Waals surface area contributed by atoms with Crippen LogP contribution in [0.25, 0.3) is 0 Å². The molecule has 0 aliphatic rings. The van der Waals surface area contributed by atoms with Crippen LogP contribution in [0.3, 0.4) is 0 Å². The highest BCUT2D eigenvalue weighted by atomic mass is 19.1. The summed E-state index contributed by atoms with van der Waals surface area (Å²) in [5, 5.41) is 7.20. The van der Waals surface area contributed by atoms with Crippen LogP contribution in [0.1, 0.15) is 24.5 Å². The number of nitrogens with one attached hydrogen (secondary N) is 1. The zero-order valence-corrected chi connectivity index (χ0v) is 10.5. The average Bonchev–Trinajstić information content (AvgIpc) is 2.35. The summed E-state index contributed by atoms with van der Waals surface area (Å²) in [6.45, 7) is 3.90. The molecule has 0 radical (unpaired) electrons. The molecular formula is C13H19FN2O2. The van der Waals surface area contributed by atoms with Crippen LogP contribution in [0.2, 0.25) is 0 Å². The Balaban J connectivity index is 2.36. The molecule has 0 saturated heterocycles. The number of nitrogens with two attached hydrogens (primary N) is 1. The smallest absolute Gasteiger partial charge is 0.129 e. The summed E-state index contributed by atoms with van der Waals surface area (Å²) >= 11 is 0. The Kier molecular flexibility index (Phi) is 6.32. The number of hydrogen-bond donors (Lipinski definition) is 2. The number of halogens is 1. The fourth-order valence-corrected chi connectivity index (χ4v) is 1.38. The van der Waals surface area contributed by atoms with E-state index in [0.29, 0.717) is 30.9 Å². The first-order valence-electron chi connectivity index (χ1n) is 5.93. The topological polar surface area (TPSA) is 68.3 Å². The van der Waals surface area contributed by atoms with Gasteiger partial charge >= 0.3 is 0 Å². The minimum atomic E-state index is -0.405. The lowest BCUT2D eigenvalue weighted by Gasteiger charge is -2.07. The van der Waals surface area contributed by atoms with Crippen molar-refractivity contribution in [3.05, 3.63) is 35.1 Å². The third-order valence-electron chi connectivity index (χ3n) is 2.34. The maximum absolute atomic E-state index is 13.6. The van der Waals surface area contributed by atoms with E-state index < -0.39 is 5.82 Å². The molecular weight excluding hydrogens is 235 g/mol. The summed E-state index contributed by atoms with van der Waals surface area (Å²) in [6, 6.07) is 4.44. The lowest BCUT2D eigenvalue weighted by molar-refractivity contribution is 0.0399. The first-order valence-corrected chi connectivity index (χ1v) is 5.93. The van der Waals surface area contributed by atoms with Crippen molar-refractivity contribution in [1.82, 2.24) is 0 Å². The van der Waals surface area contributed by atoms with E-state index in [0.717, 1.165) is 6.42 Å². The number of ether oxygens (including phenoxy) is 2. The van der Waals surface area contributed by atoms with Crippen molar-refractivity contribution in [2.75, 3.05) is 19.8 Å². The van der Waals surface area contributed by atoms with Crippen LogP contribution in [-0.2, 0) is 16.1 Å². The van der Waals surface area contributed by atoms with Gasteiger partial charge in [-0.15, -0.1) is 0 Å². The summed E-state index contributed by atoms with van der Waals surface area (Å²) in [6.07, 6.45) is 0.973. The molecule has 3 N–H and O–H groups in total. The first-order chi connectivity index (χ1) is 8.65. The van der Waals surface area contributed by atoms with E-state index in [4.69, 9.17) is 20.6 Å². The van der Waals surface area contributed by atoms with E-state index in [-0.39, 0.29) is 12.4 Å². The maximum atomic E-state index is 13.6. The summed E-state index contributed by atoms with van der Waals surface area (Å²) in [5.74, 6) is -0.550.